The summed E-state index contributed by atoms with van der Waals surface area (Å²) in [6.07, 6.45) is 2.47. The van der Waals surface area contributed by atoms with Crippen molar-refractivity contribution in [1.82, 2.24) is 18.7 Å². The predicted molar refractivity (Wildman–Crippen MR) is 142 cm³/mol. The Bertz CT molecular complexity index is 1480. The summed E-state index contributed by atoms with van der Waals surface area (Å²) in [6, 6.07) is 17.1. The quantitative estimate of drug-likeness (QED) is 0.383. The highest BCUT2D eigenvalue weighted by Gasteiger charge is 2.20. The summed E-state index contributed by atoms with van der Waals surface area (Å²) in [4.78, 5) is 44.6. The van der Waals surface area contributed by atoms with E-state index >= 15 is 0 Å². The number of anilines is 1. The zero-order valence-electron chi connectivity index (χ0n) is 21.3. The zero-order chi connectivity index (χ0) is 25.8. The molecule has 0 aliphatic heterocycles. The second-order valence-electron chi connectivity index (χ2n) is 9.83. The predicted octanol–water partition coefficient (Wildman–Crippen LogP) is 4.22. The fourth-order valence-corrected chi connectivity index (χ4v) is 4.30. The summed E-state index contributed by atoms with van der Waals surface area (Å²) < 4.78 is 4.29. The average Bonchev–Trinajstić information content (AvgIpc) is 3.28. The highest BCUT2D eigenvalue weighted by Crippen LogP contribution is 2.23. The third-order valence-electron chi connectivity index (χ3n) is 6.27. The molecule has 0 radical (unpaired) electrons. The van der Waals surface area contributed by atoms with Crippen LogP contribution in [0.15, 0.2) is 70.5 Å². The van der Waals surface area contributed by atoms with Crippen LogP contribution in [0.25, 0.3) is 11.2 Å². The lowest BCUT2D eigenvalue weighted by molar-refractivity contribution is -0.116. The van der Waals surface area contributed by atoms with E-state index in [9.17, 15) is 14.4 Å². The lowest BCUT2D eigenvalue weighted by Crippen LogP contribution is -2.43. The third kappa shape index (κ3) is 5.32. The van der Waals surface area contributed by atoms with Crippen molar-refractivity contribution in [2.45, 2.75) is 59.7 Å². The number of amides is 1. The second-order valence-corrected chi connectivity index (χ2v) is 9.83. The number of aromatic nitrogens is 4. The van der Waals surface area contributed by atoms with Gasteiger partial charge in [-0.1, -0.05) is 76.2 Å². The van der Waals surface area contributed by atoms with Gasteiger partial charge in [0.25, 0.3) is 5.56 Å². The molecule has 0 aliphatic rings. The van der Waals surface area contributed by atoms with Gasteiger partial charge in [-0.3, -0.25) is 14.2 Å². The molecule has 188 valence electrons. The minimum Gasteiger partial charge on any atom is -0.325 e. The lowest BCUT2D eigenvalue weighted by atomic mass is 10.0. The standard InChI is InChI=1S/C28H33N5O3/c1-19(2)14-15-31-18-29-26-25(31)27(35)33(28(36)32(26)16-21-10-6-5-7-11-21)17-24(34)30-23-13-9-8-12-22(23)20(3)4/h5-13,18-20H,14-17H2,1-4H3,(H,30,34). The Morgan fingerprint density at radius 3 is 2.33 bits per heavy atom. The smallest absolute Gasteiger partial charge is 0.325 e. The Kier molecular flexibility index (Phi) is 7.52. The molecular formula is C28H33N5O3. The molecule has 1 amide bonds. The number of fused-ring (bicyclic) bond motifs is 1. The van der Waals surface area contributed by atoms with E-state index in [4.69, 9.17) is 0 Å². The highest BCUT2D eigenvalue weighted by atomic mass is 16.2. The molecule has 2 aromatic carbocycles. The molecule has 0 fully saturated rings. The molecule has 0 saturated heterocycles. The van der Waals surface area contributed by atoms with Crippen LogP contribution in [0.4, 0.5) is 5.69 Å². The molecule has 0 aliphatic carbocycles. The van der Waals surface area contributed by atoms with Gasteiger partial charge in [-0.2, -0.15) is 0 Å². The minimum atomic E-state index is -0.558. The summed E-state index contributed by atoms with van der Waals surface area (Å²) in [5.41, 5.74) is 2.17. The van der Waals surface area contributed by atoms with E-state index in [1.807, 2.05) is 68.4 Å². The molecule has 0 bridgehead atoms. The molecule has 2 aromatic heterocycles. The third-order valence-corrected chi connectivity index (χ3v) is 6.27. The highest BCUT2D eigenvalue weighted by molar-refractivity contribution is 5.91. The van der Waals surface area contributed by atoms with Crippen LogP contribution in [-0.4, -0.2) is 24.6 Å². The Balaban J connectivity index is 1.77. The van der Waals surface area contributed by atoms with Crippen molar-refractivity contribution >= 4 is 22.8 Å². The van der Waals surface area contributed by atoms with Gasteiger partial charge < -0.3 is 9.88 Å². The van der Waals surface area contributed by atoms with Crippen molar-refractivity contribution < 1.29 is 4.79 Å². The molecule has 0 spiro atoms. The summed E-state index contributed by atoms with van der Waals surface area (Å²) in [5, 5.41) is 2.89. The number of rotatable bonds is 9. The maximum absolute atomic E-state index is 13.6. The molecule has 2 heterocycles. The van der Waals surface area contributed by atoms with E-state index in [1.54, 1.807) is 10.9 Å². The normalized spacial score (nSPS) is 11.5. The van der Waals surface area contributed by atoms with Crippen LogP contribution in [0, 0.1) is 5.92 Å². The second kappa shape index (κ2) is 10.8. The van der Waals surface area contributed by atoms with Crippen LogP contribution in [0.1, 0.15) is 51.2 Å². The summed E-state index contributed by atoms with van der Waals surface area (Å²) in [5.74, 6) is 0.215. The van der Waals surface area contributed by atoms with E-state index in [0.29, 0.717) is 29.3 Å². The molecule has 8 heteroatoms. The first-order valence-corrected chi connectivity index (χ1v) is 12.4. The van der Waals surface area contributed by atoms with E-state index in [2.05, 4.69) is 24.1 Å². The van der Waals surface area contributed by atoms with Gasteiger partial charge in [0.2, 0.25) is 5.91 Å². The first kappa shape index (κ1) is 25.2. The van der Waals surface area contributed by atoms with Crippen molar-refractivity contribution in [1.29, 1.82) is 0 Å². The van der Waals surface area contributed by atoms with Gasteiger partial charge in [0, 0.05) is 12.2 Å². The molecule has 8 nitrogen and oxygen atoms in total. The van der Waals surface area contributed by atoms with E-state index in [1.165, 1.54) is 4.57 Å². The molecule has 0 unspecified atom stereocenters. The fourth-order valence-electron chi connectivity index (χ4n) is 4.30. The van der Waals surface area contributed by atoms with Gasteiger partial charge in [0.1, 0.15) is 6.54 Å². The van der Waals surface area contributed by atoms with Gasteiger partial charge in [0.05, 0.1) is 12.9 Å². The summed E-state index contributed by atoms with van der Waals surface area (Å²) in [7, 11) is 0. The van der Waals surface area contributed by atoms with Crippen LogP contribution in [-0.2, 0) is 24.4 Å². The first-order valence-electron chi connectivity index (χ1n) is 12.4. The van der Waals surface area contributed by atoms with Crippen LogP contribution in [0.5, 0.6) is 0 Å². The Labute approximate surface area is 210 Å². The maximum atomic E-state index is 13.6. The summed E-state index contributed by atoms with van der Waals surface area (Å²) in [6.45, 7) is 8.78. The number of carbonyl (C=O) groups excluding carboxylic acids is 1. The number of nitrogens with zero attached hydrogens (tertiary/aromatic N) is 4. The monoisotopic (exact) mass is 487 g/mol. The Morgan fingerprint density at radius 2 is 1.64 bits per heavy atom. The van der Waals surface area contributed by atoms with Crippen LogP contribution in [0.3, 0.4) is 0 Å². The number of carbonyl (C=O) groups is 1. The molecule has 4 aromatic rings. The van der Waals surface area contributed by atoms with Gasteiger partial charge in [-0.15, -0.1) is 0 Å². The molecule has 0 saturated carbocycles. The number of nitrogens with one attached hydrogen (secondary N) is 1. The van der Waals surface area contributed by atoms with Crippen LogP contribution in [0.2, 0.25) is 0 Å². The number of hydrogen-bond acceptors (Lipinski definition) is 4. The zero-order valence-corrected chi connectivity index (χ0v) is 21.3. The molecular weight excluding hydrogens is 454 g/mol. The van der Waals surface area contributed by atoms with E-state index in [-0.39, 0.29) is 19.0 Å². The van der Waals surface area contributed by atoms with E-state index in [0.717, 1.165) is 22.1 Å². The number of para-hydroxylation sites is 1. The molecule has 0 atom stereocenters. The number of aryl methyl sites for hydroxylation is 1. The van der Waals surface area contributed by atoms with Crippen LogP contribution >= 0.6 is 0 Å². The first-order chi connectivity index (χ1) is 17.3. The largest absolute Gasteiger partial charge is 0.333 e. The topological polar surface area (TPSA) is 90.9 Å². The van der Waals surface area contributed by atoms with Gasteiger partial charge >= 0.3 is 5.69 Å². The van der Waals surface area contributed by atoms with Gasteiger partial charge in [-0.05, 0) is 35.4 Å². The molecule has 4 rings (SSSR count). The number of hydrogen-bond donors (Lipinski definition) is 1. The summed E-state index contributed by atoms with van der Waals surface area (Å²) >= 11 is 0. The van der Waals surface area contributed by atoms with Gasteiger partial charge in [-0.25, -0.2) is 14.3 Å². The number of imidazole rings is 1. The minimum absolute atomic E-state index is 0.207. The van der Waals surface area contributed by atoms with Crippen LogP contribution < -0.4 is 16.6 Å². The van der Waals surface area contributed by atoms with Crippen molar-refractivity contribution in [3.05, 3.63) is 92.9 Å². The fraction of sp³-hybridized carbons (Fsp3) is 0.357. The van der Waals surface area contributed by atoms with E-state index < -0.39 is 17.2 Å². The van der Waals surface area contributed by atoms with Crippen molar-refractivity contribution in [2.75, 3.05) is 5.32 Å². The SMILES string of the molecule is CC(C)CCn1cnc2c1c(=O)n(CC(=O)Nc1ccccc1C(C)C)c(=O)n2Cc1ccccc1. The van der Waals surface area contributed by atoms with Crippen molar-refractivity contribution in [3.8, 4) is 0 Å². The average molecular weight is 488 g/mol. The Hall–Kier alpha value is -3.94. The molecule has 36 heavy (non-hydrogen) atoms. The maximum Gasteiger partial charge on any atom is 0.333 e. The molecule has 1 N–H and O–H groups in total. The van der Waals surface area contributed by atoms with Gasteiger partial charge in [0.15, 0.2) is 11.2 Å². The van der Waals surface area contributed by atoms with Crippen molar-refractivity contribution in [3.63, 3.8) is 0 Å². The van der Waals surface area contributed by atoms with Crippen molar-refractivity contribution in [2.24, 2.45) is 5.92 Å². The lowest BCUT2D eigenvalue weighted by Gasteiger charge is -2.15. The Morgan fingerprint density at radius 1 is 0.944 bits per heavy atom. The number of benzene rings is 2.